The van der Waals surface area contributed by atoms with Crippen LogP contribution in [-0.2, 0) is 16.0 Å². The van der Waals surface area contributed by atoms with E-state index >= 15 is 0 Å². The van der Waals surface area contributed by atoms with Crippen LogP contribution >= 0.6 is 11.6 Å². The minimum Gasteiger partial charge on any atom is -0.508 e. The first-order valence-corrected chi connectivity index (χ1v) is 9.82. The lowest BCUT2D eigenvalue weighted by atomic mass is 9.58. The number of carbonyl (C=O) groups excluding carboxylic acids is 3. The summed E-state index contributed by atoms with van der Waals surface area (Å²) in [4.78, 5) is 37.5. The van der Waals surface area contributed by atoms with Gasteiger partial charge < -0.3 is 21.1 Å². The van der Waals surface area contributed by atoms with Crippen LogP contribution in [0.3, 0.4) is 0 Å². The van der Waals surface area contributed by atoms with E-state index in [4.69, 9.17) is 17.3 Å². The van der Waals surface area contributed by atoms with Crippen molar-refractivity contribution < 1.29 is 29.7 Å². The van der Waals surface area contributed by atoms with Crippen LogP contribution in [0.2, 0.25) is 0 Å². The highest BCUT2D eigenvalue weighted by Gasteiger charge is 2.56. The summed E-state index contributed by atoms with van der Waals surface area (Å²) in [6, 6.07) is 2.95. The lowest BCUT2D eigenvalue weighted by Crippen LogP contribution is -2.53. The Bertz CT molecular complexity index is 1130. The number of benzene rings is 1. The van der Waals surface area contributed by atoms with Crippen LogP contribution in [0, 0.1) is 11.8 Å². The number of amides is 1. The molecule has 0 aromatic heterocycles. The molecule has 3 aliphatic rings. The first-order valence-electron chi connectivity index (χ1n) is 9.44. The number of phenols is 1. The normalized spacial score (nSPS) is 28.1. The minimum absolute atomic E-state index is 0.0763. The smallest absolute Gasteiger partial charge is 0.255 e. The summed E-state index contributed by atoms with van der Waals surface area (Å²) in [6.07, 6.45) is 0.382. The van der Waals surface area contributed by atoms with Crippen molar-refractivity contribution in [3.63, 3.8) is 0 Å². The number of ketones is 2. The summed E-state index contributed by atoms with van der Waals surface area (Å²) in [5, 5.41) is 32.7. The second kappa shape index (κ2) is 6.55. The molecular weight excluding hydrogens is 410 g/mol. The molecule has 0 saturated heterocycles. The molecule has 3 atom stereocenters. The molecule has 0 fully saturated rings. The molecule has 1 aromatic carbocycles. The molecule has 5 N–H and O–H groups in total. The van der Waals surface area contributed by atoms with E-state index in [0.29, 0.717) is 17.5 Å². The number of hydrogen-bond donors (Lipinski definition) is 4. The molecular formula is C22H20ClNO6. The summed E-state index contributed by atoms with van der Waals surface area (Å²) >= 11 is 6.09. The number of halogens is 1. The molecule has 0 spiro atoms. The lowest BCUT2D eigenvalue weighted by molar-refractivity contribution is -0.126. The number of rotatable bonds is 2. The summed E-state index contributed by atoms with van der Waals surface area (Å²) in [5.74, 6) is -4.38. The largest absolute Gasteiger partial charge is 0.508 e. The maximum absolute atomic E-state index is 13.4. The molecule has 1 amide bonds. The van der Waals surface area contributed by atoms with Crippen molar-refractivity contribution in [3.05, 3.63) is 57.9 Å². The Balaban J connectivity index is 1.97. The Morgan fingerprint density at radius 3 is 2.53 bits per heavy atom. The van der Waals surface area contributed by atoms with Crippen LogP contribution in [-0.4, -0.2) is 38.4 Å². The molecule has 0 aliphatic heterocycles. The summed E-state index contributed by atoms with van der Waals surface area (Å²) in [5.41, 5.74) is 4.13. The highest BCUT2D eigenvalue weighted by atomic mass is 35.5. The van der Waals surface area contributed by atoms with Crippen molar-refractivity contribution in [1.82, 2.24) is 0 Å². The Morgan fingerprint density at radius 2 is 1.93 bits per heavy atom. The van der Waals surface area contributed by atoms with Crippen molar-refractivity contribution >= 4 is 34.1 Å². The third-order valence-electron chi connectivity index (χ3n) is 6.60. The van der Waals surface area contributed by atoms with Gasteiger partial charge in [0, 0.05) is 22.9 Å². The highest BCUT2D eigenvalue weighted by molar-refractivity contribution is 6.48. The quantitative estimate of drug-likeness (QED) is 0.532. The fraction of sp³-hybridized carbons (Fsp3) is 0.318. The predicted octanol–water partition coefficient (Wildman–Crippen LogP) is 2.29. The van der Waals surface area contributed by atoms with Crippen LogP contribution in [0.4, 0.5) is 0 Å². The number of nitrogens with two attached hydrogens (primary N) is 1. The molecule has 30 heavy (non-hydrogen) atoms. The zero-order chi connectivity index (χ0) is 22.1. The van der Waals surface area contributed by atoms with Crippen molar-refractivity contribution in [2.24, 2.45) is 17.6 Å². The Hall–Kier alpha value is -2.90. The topological polar surface area (TPSA) is 138 Å². The van der Waals surface area contributed by atoms with E-state index in [2.05, 4.69) is 6.58 Å². The zero-order valence-electron chi connectivity index (χ0n) is 16.2. The number of hydrogen-bond acceptors (Lipinski definition) is 6. The second-order valence-corrected chi connectivity index (χ2v) is 8.53. The molecule has 3 aliphatic carbocycles. The van der Waals surface area contributed by atoms with Gasteiger partial charge in [-0.05, 0) is 54.5 Å². The number of primary amides is 1. The zero-order valence-corrected chi connectivity index (χ0v) is 16.9. The molecule has 7 nitrogen and oxygen atoms in total. The van der Waals surface area contributed by atoms with Crippen LogP contribution < -0.4 is 5.73 Å². The van der Waals surface area contributed by atoms with Gasteiger partial charge in [0.2, 0.25) is 0 Å². The number of Topliss-reactive ketones (excluding diaryl/α,β-unsaturated/α-hetero) is 2. The lowest BCUT2D eigenvalue weighted by Gasteiger charge is -2.47. The SMILES string of the molecule is C=C(Cl)c1ccc(O)c2c1C[C@H]1C[C@H]3CC(=O)C(C(N)=O)=C(O)[C@@]3(O)C(C)=C1C2=O. The number of aliphatic hydroxyl groups excluding tert-OH is 1. The van der Waals surface area contributed by atoms with E-state index in [-0.39, 0.29) is 46.3 Å². The fourth-order valence-corrected chi connectivity index (χ4v) is 5.41. The van der Waals surface area contributed by atoms with E-state index in [9.17, 15) is 29.7 Å². The van der Waals surface area contributed by atoms with Crippen LogP contribution in [0.1, 0.15) is 41.3 Å². The maximum atomic E-state index is 13.4. The molecule has 0 bridgehead atoms. The number of phenolic OH excluding ortho intramolecular Hbond substituents is 1. The second-order valence-electron chi connectivity index (χ2n) is 8.07. The fourth-order valence-electron chi connectivity index (χ4n) is 5.23. The summed E-state index contributed by atoms with van der Waals surface area (Å²) in [6.45, 7) is 5.21. The Morgan fingerprint density at radius 1 is 1.27 bits per heavy atom. The molecule has 156 valence electrons. The molecule has 4 rings (SSSR count). The number of carbonyl (C=O) groups is 3. The van der Waals surface area contributed by atoms with E-state index in [0.717, 1.165) is 0 Å². The predicted molar refractivity (Wildman–Crippen MR) is 109 cm³/mol. The van der Waals surface area contributed by atoms with Crippen LogP contribution in [0.15, 0.2) is 41.2 Å². The molecule has 1 aromatic rings. The first kappa shape index (κ1) is 20.4. The van der Waals surface area contributed by atoms with Crippen molar-refractivity contribution in [2.75, 3.05) is 0 Å². The third kappa shape index (κ3) is 2.52. The highest BCUT2D eigenvalue weighted by Crippen LogP contribution is 2.53. The van der Waals surface area contributed by atoms with Crippen molar-refractivity contribution in [2.45, 2.75) is 31.8 Å². The van der Waals surface area contributed by atoms with E-state index in [1.165, 1.54) is 13.0 Å². The van der Waals surface area contributed by atoms with Crippen molar-refractivity contribution in [1.29, 1.82) is 0 Å². The van der Waals surface area contributed by atoms with Gasteiger partial charge in [0.1, 0.15) is 22.7 Å². The van der Waals surface area contributed by atoms with Gasteiger partial charge in [-0.15, -0.1) is 0 Å². The van der Waals surface area contributed by atoms with Crippen LogP contribution in [0.25, 0.3) is 5.03 Å². The first-order chi connectivity index (χ1) is 14.0. The molecule has 0 saturated carbocycles. The summed E-state index contributed by atoms with van der Waals surface area (Å²) < 4.78 is 0. The number of fused-ring (bicyclic) bond motifs is 3. The van der Waals surface area contributed by atoms with Crippen molar-refractivity contribution in [3.8, 4) is 5.75 Å². The molecule has 0 radical (unpaired) electrons. The Labute approximate surface area is 177 Å². The number of allylic oxidation sites excluding steroid dienone is 1. The van der Waals surface area contributed by atoms with Gasteiger partial charge in [0.15, 0.2) is 11.6 Å². The van der Waals surface area contributed by atoms with Gasteiger partial charge in [-0.3, -0.25) is 14.4 Å². The van der Waals surface area contributed by atoms with E-state index in [1.54, 1.807) is 6.07 Å². The molecule has 0 heterocycles. The average Bonchev–Trinajstić information content (AvgIpc) is 2.64. The summed E-state index contributed by atoms with van der Waals surface area (Å²) in [7, 11) is 0. The number of aromatic hydroxyl groups is 1. The van der Waals surface area contributed by atoms with Gasteiger partial charge in [-0.25, -0.2) is 0 Å². The third-order valence-corrected chi connectivity index (χ3v) is 6.81. The Kier molecular flexibility index (Phi) is 4.45. The van der Waals surface area contributed by atoms with Gasteiger partial charge in [0.05, 0.1) is 5.56 Å². The average molecular weight is 430 g/mol. The van der Waals surface area contributed by atoms with Crippen LogP contribution in [0.5, 0.6) is 5.75 Å². The standard InChI is InChI=1S/C22H20ClNO6/c1-8-16-10(5-11-7-15(26)18(21(24)29)20(28)22(8,11)30)6-13-12(9(2)23)3-4-14(25)17(13)19(16)27/h3-4,10-11,25,28,30H,2,5-7H2,1H3,(H2,24,29)/t10-,11+,22-/m1/s1. The van der Waals surface area contributed by atoms with Gasteiger partial charge in [-0.1, -0.05) is 18.2 Å². The number of aliphatic hydroxyl groups is 2. The van der Waals surface area contributed by atoms with E-state index in [1.807, 2.05) is 0 Å². The monoisotopic (exact) mass is 429 g/mol. The van der Waals surface area contributed by atoms with E-state index < -0.39 is 40.3 Å². The molecule has 8 heteroatoms. The minimum atomic E-state index is -2.05. The van der Waals surface area contributed by atoms with Gasteiger partial charge in [0.25, 0.3) is 5.91 Å². The van der Waals surface area contributed by atoms with Gasteiger partial charge in [-0.2, -0.15) is 0 Å². The maximum Gasteiger partial charge on any atom is 0.255 e. The van der Waals surface area contributed by atoms with Gasteiger partial charge >= 0.3 is 0 Å². The molecule has 0 unspecified atom stereocenters.